The van der Waals surface area contributed by atoms with Gasteiger partial charge in [0.2, 0.25) is 0 Å². The van der Waals surface area contributed by atoms with Crippen LogP contribution < -0.4 is 0 Å². The summed E-state index contributed by atoms with van der Waals surface area (Å²) in [4.78, 5) is 9.90. The van der Waals surface area contributed by atoms with E-state index in [1.54, 1.807) is 18.2 Å². The topological polar surface area (TPSA) is 50.9 Å². The van der Waals surface area contributed by atoms with Crippen LogP contribution in [0.2, 0.25) is 0 Å². The highest BCUT2D eigenvalue weighted by Crippen LogP contribution is 2.45. The molecule has 332 valence electrons. The summed E-state index contributed by atoms with van der Waals surface area (Å²) in [5.74, 6) is -0.502. The van der Waals surface area contributed by atoms with E-state index in [1.165, 1.54) is 0 Å². The number of benzene rings is 6. The van der Waals surface area contributed by atoms with Gasteiger partial charge in [0.15, 0.2) is 0 Å². The number of para-hydroxylation sites is 1. The first-order valence-electron chi connectivity index (χ1n) is 28.3. The van der Waals surface area contributed by atoms with Crippen LogP contribution in [0.4, 0.5) is 0 Å². The molecule has 0 aliphatic heterocycles. The Bertz CT molecular complexity index is 3670. The largest absolute Gasteiger partial charge is 0.507 e. The molecule has 0 amide bonds. The molecule has 1 N–H and O–H groups in total. The average molecular weight is 870 g/mol. The van der Waals surface area contributed by atoms with Crippen LogP contribution in [0, 0.1) is 6.85 Å². The summed E-state index contributed by atoms with van der Waals surface area (Å²) in [6, 6.07) is 22.5. The maximum absolute atomic E-state index is 12.6. The molecule has 0 aliphatic carbocycles. The highest BCUT2D eigenvalue weighted by atomic mass is 16.3. The van der Waals surface area contributed by atoms with Crippen molar-refractivity contribution in [2.24, 2.45) is 0 Å². The van der Waals surface area contributed by atoms with Crippen LogP contribution in [0.5, 0.6) is 5.75 Å². The molecule has 0 unspecified atom stereocenters. The fourth-order valence-electron chi connectivity index (χ4n) is 8.22. The Morgan fingerprint density at radius 2 is 1.32 bits per heavy atom. The van der Waals surface area contributed by atoms with Crippen LogP contribution in [0.15, 0.2) is 133 Å². The van der Waals surface area contributed by atoms with Gasteiger partial charge in [0.05, 0.1) is 38.9 Å². The SMILES string of the molecule is [2H]c1nc(-c2cc(-c3cccc4c3nc(-c3cc(C(C)(C)C)cc(C(C)(C)C)c3O)n4-c3ccc(-c4cc(C(C)C)cc(C([2H])(C)C)c4)cc3C([2H])([2H])[2H])cc(C(C)(C)C)c2)c([2H])c(-c2c([2H])c([2H])c([2H])c([2H])c2[2H])c1[2H]. The first-order chi connectivity index (χ1) is 35.4. The van der Waals surface area contributed by atoms with Crippen LogP contribution in [0.25, 0.3) is 72.7 Å². The fourth-order valence-corrected chi connectivity index (χ4v) is 8.22. The van der Waals surface area contributed by atoms with Crippen LogP contribution in [0.3, 0.4) is 0 Å². The van der Waals surface area contributed by atoms with E-state index in [9.17, 15) is 6.48 Å². The van der Waals surface area contributed by atoms with Crippen LogP contribution in [0.1, 0.15) is 152 Å². The third kappa shape index (κ3) is 9.06. The molecule has 0 spiro atoms. The third-order valence-corrected chi connectivity index (χ3v) is 12.2. The number of pyridine rings is 1. The van der Waals surface area contributed by atoms with Gasteiger partial charge in [0, 0.05) is 28.3 Å². The summed E-state index contributed by atoms with van der Waals surface area (Å²) in [5.41, 5.74) is 6.76. The Hall–Kier alpha value is -6.26. The summed E-state index contributed by atoms with van der Waals surface area (Å²) < 4.78 is 108. The molecule has 2 aromatic heterocycles. The molecule has 6 aromatic carbocycles. The summed E-state index contributed by atoms with van der Waals surface area (Å²) in [6.45, 7) is 23.6. The number of aromatic nitrogens is 3. The molecule has 8 rings (SSSR count). The lowest BCUT2D eigenvalue weighted by molar-refractivity contribution is 0.446. The van der Waals surface area contributed by atoms with Gasteiger partial charge in [-0.3, -0.25) is 9.55 Å². The zero-order valence-corrected chi connectivity index (χ0v) is 39.9. The van der Waals surface area contributed by atoms with Gasteiger partial charge in [-0.2, -0.15) is 0 Å². The number of rotatable bonds is 8. The van der Waals surface area contributed by atoms with Gasteiger partial charge in [-0.05, 0) is 139 Å². The standard InChI is InChI=1S/C61H67N3O/c1-37(2)43-28-44(38(3)4)30-45(29-43)41-23-24-54(39(5)27-41)64-55-22-18-21-50(56(55)63-58(64)51-35-49(60(9,10)11)36-52(57(51)65)61(12,13)14)46-31-47(33-48(32-46)59(6,7)8)53-34-42(25-26-62-53)40-19-16-15-17-20-40/h15-38,65H,1-14H3/i5D3,15D,16D,17D,19D,20D,25D,26D,34D,37D. The van der Waals surface area contributed by atoms with Gasteiger partial charge in [-0.1, -0.05) is 169 Å². The van der Waals surface area contributed by atoms with Gasteiger partial charge in [-0.25, -0.2) is 4.98 Å². The Balaban J connectivity index is 1.49. The molecule has 4 nitrogen and oxygen atoms in total. The summed E-state index contributed by atoms with van der Waals surface area (Å²) in [6.07, 6.45) is -0.553. The van der Waals surface area contributed by atoms with Gasteiger partial charge < -0.3 is 5.11 Å². The second-order valence-corrected chi connectivity index (χ2v) is 20.8. The van der Waals surface area contributed by atoms with E-state index in [0.29, 0.717) is 50.1 Å². The third-order valence-electron chi connectivity index (χ3n) is 12.2. The molecule has 2 heterocycles. The molecular formula is C61H67N3O. The number of imidazole rings is 1. The van der Waals surface area contributed by atoms with Crippen LogP contribution in [-0.4, -0.2) is 19.6 Å². The average Bonchev–Trinajstić information content (AvgIpc) is 3.73. The number of nitrogens with zero attached hydrogens (tertiary/aromatic N) is 3. The fraction of sp³-hybridized carbons (Fsp3) is 0.311. The van der Waals surface area contributed by atoms with Crippen molar-refractivity contribution in [2.75, 3.05) is 0 Å². The lowest BCUT2D eigenvalue weighted by Gasteiger charge is -2.27. The lowest BCUT2D eigenvalue weighted by atomic mass is 9.79. The Kier molecular flexibility index (Phi) is 8.45. The maximum Gasteiger partial charge on any atom is 0.149 e. The smallest absolute Gasteiger partial charge is 0.149 e. The number of aromatic hydroxyl groups is 1. The van der Waals surface area contributed by atoms with Crippen molar-refractivity contribution in [3.8, 4) is 67.5 Å². The minimum Gasteiger partial charge on any atom is -0.507 e. The molecule has 0 fully saturated rings. The molecule has 65 heavy (non-hydrogen) atoms. The zero-order valence-electron chi connectivity index (χ0n) is 51.9. The molecule has 0 radical (unpaired) electrons. The number of hydrogen-bond acceptors (Lipinski definition) is 3. The van der Waals surface area contributed by atoms with Gasteiger partial charge in [0.25, 0.3) is 0 Å². The van der Waals surface area contributed by atoms with Gasteiger partial charge >= 0.3 is 0 Å². The minimum absolute atomic E-state index is 0.00304. The molecule has 0 bridgehead atoms. The van der Waals surface area contributed by atoms with Gasteiger partial charge in [0.1, 0.15) is 11.6 Å². The molecular weight excluding hydrogens is 791 g/mol. The Labute approximate surface area is 405 Å². The lowest BCUT2D eigenvalue weighted by Crippen LogP contribution is -2.17. The van der Waals surface area contributed by atoms with E-state index >= 15 is 0 Å². The Morgan fingerprint density at radius 1 is 0.631 bits per heavy atom. The van der Waals surface area contributed by atoms with Crippen molar-refractivity contribution in [3.63, 3.8) is 0 Å². The molecule has 4 heteroatoms. The quantitative estimate of drug-likeness (QED) is 0.165. The number of phenolic OH excluding ortho intramolecular Hbond substituents is 1. The predicted molar refractivity (Wildman–Crippen MR) is 277 cm³/mol. The highest BCUT2D eigenvalue weighted by Gasteiger charge is 2.29. The normalized spacial score (nSPS) is 15.5. The summed E-state index contributed by atoms with van der Waals surface area (Å²) in [5, 5.41) is 12.6. The maximum atomic E-state index is 12.6. The van der Waals surface area contributed by atoms with Crippen molar-refractivity contribution < 1.29 is 21.6 Å². The molecule has 8 aromatic rings. The summed E-state index contributed by atoms with van der Waals surface area (Å²) >= 11 is 0. The van der Waals surface area contributed by atoms with Crippen molar-refractivity contribution in [1.29, 1.82) is 0 Å². The van der Waals surface area contributed by atoms with Crippen molar-refractivity contribution in [3.05, 3.63) is 167 Å². The zero-order chi connectivity index (χ0) is 57.1. The van der Waals surface area contributed by atoms with E-state index in [-0.39, 0.29) is 45.3 Å². The monoisotopic (exact) mass is 870 g/mol. The van der Waals surface area contributed by atoms with Gasteiger partial charge in [-0.15, -0.1) is 0 Å². The van der Waals surface area contributed by atoms with E-state index in [2.05, 4.69) is 39.6 Å². The van der Waals surface area contributed by atoms with E-state index in [1.807, 2.05) is 127 Å². The number of aryl methyl sites for hydroxylation is 1. The van der Waals surface area contributed by atoms with Crippen molar-refractivity contribution in [2.45, 2.75) is 125 Å². The Morgan fingerprint density at radius 3 is 1.98 bits per heavy atom. The predicted octanol–water partition coefficient (Wildman–Crippen LogP) is 16.9. The van der Waals surface area contributed by atoms with E-state index in [0.717, 1.165) is 27.8 Å². The number of phenols is 1. The van der Waals surface area contributed by atoms with Crippen LogP contribution >= 0.6 is 0 Å². The minimum atomic E-state index is -2.66. The second-order valence-electron chi connectivity index (χ2n) is 20.8. The first-order valence-corrected chi connectivity index (χ1v) is 22.3. The molecule has 0 saturated carbocycles. The highest BCUT2D eigenvalue weighted by molar-refractivity contribution is 5.97. The van der Waals surface area contributed by atoms with Crippen molar-refractivity contribution >= 4 is 11.0 Å². The molecule has 0 atom stereocenters. The number of fused-ring (bicyclic) bond motifs is 1. The van der Waals surface area contributed by atoms with Crippen LogP contribution in [-0.2, 0) is 16.2 Å². The second kappa shape index (κ2) is 16.9. The number of hydrogen-bond donors (Lipinski definition) is 1. The first kappa shape index (κ1) is 32.4. The van der Waals surface area contributed by atoms with Crippen molar-refractivity contribution in [1.82, 2.24) is 14.5 Å². The molecule has 0 saturated heterocycles. The molecule has 0 aliphatic rings. The van der Waals surface area contributed by atoms with E-state index < -0.39 is 72.0 Å². The van der Waals surface area contributed by atoms with E-state index in [4.69, 9.17) is 20.1 Å². The summed E-state index contributed by atoms with van der Waals surface area (Å²) in [7, 11) is 0.